The number of hydrogen-bond acceptors (Lipinski definition) is 4. The number of benzene rings is 1. The molecular weight excluding hydrogens is 378 g/mol. The predicted molar refractivity (Wildman–Crippen MR) is 111 cm³/mol. The third-order valence-corrected chi connectivity index (χ3v) is 5.66. The number of rotatable bonds is 8. The summed E-state index contributed by atoms with van der Waals surface area (Å²) in [5, 5.41) is 9.79. The SMILES string of the molecule is CC(=O)Nc1ccc(NC(=O)C[NH+](Cc2cccs2)Cc2cccs2)cc1. The summed E-state index contributed by atoms with van der Waals surface area (Å²) in [7, 11) is 0. The summed E-state index contributed by atoms with van der Waals surface area (Å²) in [5.41, 5.74) is 1.43. The predicted octanol–water partition coefficient (Wildman–Crippen LogP) is 2.99. The van der Waals surface area contributed by atoms with Gasteiger partial charge in [0.15, 0.2) is 6.54 Å². The van der Waals surface area contributed by atoms with E-state index in [9.17, 15) is 9.59 Å². The Balaban J connectivity index is 1.60. The second kappa shape index (κ2) is 9.45. The molecule has 0 saturated carbocycles. The Hall–Kier alpha value is -2.48. The Morgan fingerprint density at radius 1 is 0.852 bits per heavy atom. The lowest BCUT2D eigenvalue weighted by Gasteiger charge is -2.18. The van der Waals surface area contributed by atoms with Crippen LogP contribution in [0.4, 0.5) is 11.4 Å². The highest BCUT2D eigenvalue weighted by Gasteiger charge is 2.17. The molecule has 0 spiro atoms. The summed E-state index contributed by atoms with van der Waals surface area (Å²) in [5.74, 6) is -0.140. The van der Waals surface area contributed by atoms with Crippen LogP contribution in [0, 0.1) is 0 Å². The zero-order valence-electron chi connectivity index (χ0n) is 15.0. The number of amides is 2. The van der Waals surface area contributed by atoms with Gasteiger partial charge >= 0.3 is 0 Å². The van der Waals surface area contributed by atoms with Gasteiger partial charge in [0.1, 0.15) is 13.1 Å². The van der Waals surface area contributed by atoms with Crippen molar-refractivity contribution >= 4 is 45.9 Å². The maximum atomic E-state index is 12.5. The summed E-state index contributed by atoms with van der Waals surface area (Å²) in [6.07, 6.45) is 0. The van der Waals surface area contributed by atoms with Crippen molar-refractivity contribution in [3.05, 3.63) is 69.0 Å². The van der Waals surface area contributed by atoms with Crippen molar-refractivity contribution in [2.75, 3.05) is 17.2 Å². The van der Waals surface area contributed by atoms with E-state index in [4.69, 9.17) is 0 Å². The third-order valence-electron chi connectivity index (χ3n) is 3.91. The van der Waals surface area contributed by atoms with Gasteiger partial charge in [-0.05, 0) is 47.2 Å². The molecule has 0 atom stereocenters. The fourth-order valence-electron chi connectivity index (χ4n) is 2.78. The number of quaternary nitrogens is 1. The van der Waals surface area contributed by atoms with E-state index in [-0.39, 0.29) is 11.8 Å². The highest BCUT2D eigenvalue weighted by Crippen LogP contribution is 2.13. The summed E-state index contributed by atoms with van der Waals surface area (Å²) in [6.45, 7) is 3.51. The summed E-state index contributed by atoms with van der Waals surface area (Å²) in [4.78, 5) is 27.4. The lowest BCUT2D eigenvalue weighted by atomic mass is 10.2. The quantitative estimate of drug-likeness (QED) is 0.544. The molecule has 7 heteroatoms. The van der Waals surface area contributed by atoms with E-state index in [1.165, 1.54) is 21.6 Å². The minimum Gasteiger partial charge on any atom is -0.326 e. The molecule has 27 heavy (non-hydrogen) atoms. The normalized spacial score (nSPS) is 10.7. The molecule has 0 bridgehead atoms. The summed E-state index contributed by atoms with van der Waals surface area (Å²) >= 11 is 3.44. The van der Waals surface area contributed by atoms with E-state index in [1.54, 1.807) is 46.9 Å². The van der Waals surface area contributed by atoms with E-state index in [0.717, 1.165) is 18.8 Å². The van der Waals surface area contributed by atoms with Crippen LogP contribution in [0.25, 0.3) is 0 Å². The van der Waals surface area contributed by atoms with Gasteiger partial charge in [0.2, 0.25) is 5.91 Å². The fraction of sp³-hybridized carbons (Fsp3) is 0.200. The highest BCUT2D eigenvalue weighted by atomic mass is 32.1. The van der Waals surface area contributed by atoms with Crippen molar-refractivity contribution in [3.8, 4) is 0 Å². The van der Waals surface area contributed by atoms with Crippen LogP contribution in [-0.2, 0) is 22.7 Å². The second-order valence-corrected chi connectivity index (χ2v) is 8.31. The Bertz CT molecular complexity index is 823. The van der Waals surface area contributed by atoms with Crippen molar-refractivity contribution < 1.29 is 14.5 Å². The standard InChI is InChI=1S/C20H21N3O2S2/c1-15(24)21-16-6-8-17(9-7-16)22-20(25)14-23(12-18-4-2-10-26-18)13-19-5-3-11-27-19/h2-11H,12-14H2,1H3,(H,21,24)(H,22,25)/p+1. The van der Waals surface area contributed by atoms with E-state index in [1.807, 2.05) is 12.1 Å². The number of thiophene rings is 2. The topological polar surface area (TPSA) is 62.6 Å². The first-order chi connectivity index (χ1) is 13.1. The molecule has 0 unspecified atom stereocenters. The summed E-state index contributed by atoms with van der Waals surface area (Å²) < 4.78 is 0. The summed E-state index contributed by atoms with van der Waals surface area (Å²) in [6, 6.07) is 15.4. The lowest BCUT2D eigenvalue weighted by Crippen LogP contribution is -3.10. The van der Waals surface area contributed by atoms with Crippen LogP contribution in [-0.4, -0.2) is 18.4 Å². The molecule has 0 radical (unpaired) electrons. The number of carbonyl (C=O) groups excluding carboxylic acids is 2. The first-order valence-electron chi connectivity index (χ1n) is 8.64. The van der Waals surface area contributed by atoms with Gasteiger partial charge in [-0.2, -0.15) is 0 Å². The average molecular weight is 401 g/mol. The number of hydrogen-bond donors (Lipinski definition) is 3. The molecule has 3 N–H and O–H groups in total. The van der Waals surface area contributed by atoms with E-state index in [0.29, 0.717) is 12.2 Å². The van der Waals surface area contributed by atoms with Crippen molar-refractivity contribution in [3.63, 3.8) is 0 Å². The van der Waals surface area contributed by atoms with Crippen molar-refractivity contribution in [2.45, 2.75) is 20.0 Å². The molecule has 0 aliphatic heterocycles. The number of anilines is 2. The lowest BCUT2D eigenvalue weighted by molar-refractivity contribution is -0.918. The van der Waals surface area contributed by atoms with Crippen molar-refractivity contribution in [2.24, 2.45) is 0 Å². The molecule has 0 aliphatic carbocycles. The van der Waals surface area contributed by atoms with Gasteiger partial charge < -0.3 is 15.5 Å². The van der Waals surface area contributed by atoms with Crippen molar-refractivity contribution in [1.29, 1.82) is 0 Å². The molecular formula is C20H22N3O2S2+. The Labute approximate surface area is 166 Å². The first kappa shape index (κ1) is 19.3. The Morgan fingerprint density at radius 3 is 1.81 bits per heavy atom. The number of nitrogens with one attached hydrogen (secondary N) is 3. The second-order valence-electron chi connectivity index (χ2n) is 6.25. The Morgan fingerprint density at radius 2 is 1.37 bits per heavy atom. The molecule has 3 rings (SSSR count). The monoisotopic (exact) mass is 400 g/mol. The zero-order chi connectivity index (χ0) is 19.1. The van der Waals surface area contributed by atoms with Crippen LogP contribution in [0.3, 0.4) is 0 Å². The van der Waals surface area contributed by atoms with Crippen LogP contribution < -0.4 is 15.5 Å². The van der Waals surface area contributed by atoms with E-state index < -0.39 is 0 Å². The minimum absolute atomic E-state index is 0.0228. The van der Waals surface area contributed by atoms with Gasteiger partial charge in [0.05, 0.1) is 9.75 Å². The maximum Gasteiger partial charge on any atom is 0.279 e. The third kappa shape index (κ3) is 6.32. The molecule has 2 aromatic heterocycles. The zero-order valence-corrected chi connectivity index (χ0v) is 16.7. The van der Waals surface area contributed by atoms with Crippen LogP contribution in [0.5, 0.6) is 0 Å². The smallest absolute Gasteiger partial charge is 0.279 e. The van der Waals surface area contributed by atoms with Gasteiger partial charge in [-0.3, -0.25) is 9.59 Å². The maximum absolute atomic E-state index is 12.5. The fourth-order valence-corrected chi connectivity index (χ4v) is 4.33. The van der Waals surface area contributed by atoms with Gasteiger partial charge in [-0.1, -0.05) is 12.1 Å². The molecule has 0 fully saturated rings. The van der Waals surface area contributed by atoms with Crippen LogP contribution in [0.2, 0.25) is 0 Å². The van der Waals surface area contributed by atoms with Crippen molar-refractivity contribution in [1.82, 2.24) is 0 Å². The highest BCUT2D eigenvalue weighted by molar-refractivity contribution is 7.10. The molecule has 3 aromatic rings. The van der Waals surface area contributed by atoms with E-state index in [2.05, 4.69) is 33.5 Å². The van der Waals surface area contributed by atoms with Crippen LogP contribution >= 0.6 is 22.7 Å². The Kier molecular flexibility index (Phi) is 6.75. The largest absolute Gasteiger partial charge is 0.326 e. The molecule has 140 valence electrons. The van der Waals surface area contributed by atoms with E-state index >= 15 is 0 Å². The average Bonchev–Trinajstić information content (AvgIpc) is 3.30. The van der Waals surface area contributed by atoms with Gasteiger partial charge in [0.25, 0.3) is 5.91 Å². The molecule has 2 amide bonds. The molecule has 2 heterocycles. The van der Waals surface area contributed by atoms with Crippen LogP contribution in [0.15, 0.2) is 59.3 Å². The molecule has 1 aromatic carbocycles. The van der Waals surface area contributed by atoms with Gasteiger partial charge in [-0.25, -0.2) is 0 Å². The minimum atomic E-state index is -0.117. The van der Waals surface area contributed by atoms with Gasteiger partial charge in [-0.15, -0.1) is 22.7 Å². The molecule has 0 saturated heterocycles. The first-order valence-corrected chi connectivity index (χ1v) is 10.4. The number of carbonyl (C=O) groups is 2. The molecule has 0 aliphatic rings. The molecule has 5 nitrogen and oxygen atoms in total. The van der Waals surface area contributed by atoms with Crippen LogP contribution in [0.1, 0.15) is 16.7 Å². The van der Waals surface area contributed by atoms with Gasteiger partial charge in [0, 0.05) is 18.3 Å².